The van der Waals surface area contributed by atoms with Crippen molar-refractivity contribution in [1.29, 1.82) is 0 Å². The predicted molar refractivity (Wildman–Crippen MR) is 93.3 cm³/mol. The molecule has 2 aromatic rings. The van der Waals surface area contributed by atoms with E-state index in [1.807, 2.05) is 0 Å². The van der Waals surface area contributed by atoms with Crippen LogP contribution in [0.15, 0.2) is 12.7 Å². The number of nitrogens with two attached hydrogens (primary N) is 1. The van der Waals surface area contributed by atoms with Gasteiger partial charge < -0.3 is 49.1 Å². The zero-order valence-electron chi connectivity index (χ0n) is 18.8. The number of nitrogens with zero attached hydrogens (tertiary/aromatic N) is 4. The molecule has 4 N–H and O–H groups in total. The van der Waals surface area contributed by atoms with Gasteiger partial charge >= 0.3 is 118 Å². The van der Waals surface area contributed by atoms with E-state index in [9.17, 15) is 38.9 Å². The maximum atomic E-state index is 11.7. The van der Waals surface area contributed by atoms with Gasteiger partial charge in [-0.1, -0.05) is 6.72 Å². The smallest absolute Gasteiger partial charge is 0.812 e. The van der Waals surface area contributed by atoms with Crippen molar-refractivity contribution in [3.05, 3.63) is 12.7 Å². The molecule has 1 saturated heterocycles. The van der Waals surface area contributed by atoms with E-state index < -0.39 is 53.5 Å². The van der Waals surface area contributed by atoms with E-state index in [1.54, 1.807) is 0 Å². The second-order valence-corrected chi connectivity index (χ2v) is 11.5. The van der Waals surface area contributed by atoms with Crippen LogP contribution in [-0.4, -0.2) is 54.7 Å². The van der Waals surface area contributed by atoms with Crippen LogP contribution in [0.1, 0.15) is 6.23 Å². The first kappa shape index (κ1) is 40.2. The van der Waals surface area contributed by atoms with Gasteiger partial charge in [-0.25, -0.2) is 19.3 Å². The maximum absolute atomic E-state index is 11.7. The Bertz CT molecular complexity index is 1130. The Kier molecular flexibility index (Phi) is 18.3. The Morgan fingerprint density at radius 3 is 2.20 bits per heavy atom. The van der Waals surface area contributed by atoms with Gasteiger partial charge in [0.2, 0.25) is 0 Å². The molecule has 0 bridgehead atoms. The number of hydrogen-bond donors (Lipinski definition) is 3. The second-order valence-electron chi connectivity index (χ2n) is 5.93. The SMILES string of the molecule is Nc1ncnc2c1ncn2C1OC(COP(=O)([O-])OP(=O)([O-])OP([O-])([O-])=S)C(O)C1O.[Na+].[Na+].[Na+].[Na+]. The number of anilines is 1. The van der Waals surface area contributed by atoms with Gasteiger partial charge in [-0.15, -0.1) is 11.8 Å². The van der Waals surface area contributed by atoms with E-state index in [2.05, 4.69) is 39.9 Å². The molecule has 0 spiro atoms. The van der Waals surface area contributed by atoms with Crippen LogP contribution < -0.4 is 144 Å². The van der Waals surface area contributed by atoms with Crippen molar-refractivity contribution in [3.8, 4) is 0 Å². The average molecular weight is 611 g/mol. The number of hydrogen-bond acceptors (Lipinski definition) is 17. The van der Waals surface area contributed by atoms with Crippen LogP contribution in [0, 0.1) is 0 Å². The number of aliphatic hydroxyl groups excluding tert-OH is 2. The third-order valence-corrected chi connectivity index (χ3v) is 8.06. The molecule has 174 valence electrons. The summed E-state index contributed by atoms with van der Waals surface area (Å²) in [4.78, 5) is 55.9. The minimum Gasteiger partial charge on any atom is -0.812 e. The molecule has 25 heteroatoms. The Morgan fingerprint density at radius 1 is 1.03 bits per heavy atom. The molecular formula is C10H12N5Na4O12P3S. The zero-order chi connectivity index (χ0) is 23.2. The van der Waals surface area contributed by atoms with Gasteiger partial charge in [-0.2, -0.15) is 0 Å². The Morgan fingerprint density at radius 2 is 1.63 bits per heavy atom. The van der Waals surface area contributed by atoms with Crippen molar-refractivity contribution in [2.24, 2.45) is 0 Å². The number of ether oxygens (including phenoxy) is 1. The minimum absolute atomic E-state index is 0. The van der Waals surface area contributed by atoms with E-state index in [-0.39, 0.29) is 135 Å². The quantitative estimate of drug-likeness (QED) is 0.185. The van der Waals surface area contributed by atoms with Crippen LogP contribution in [0.5, 0.6) is 0 Å². The van der Waals surface area contributed by atoms with E-state index in [4.69, 9.17) is 10.5 Å². The number of nitrogen functional groups attached to an aromatic ring is 1. The number of aromatic nitrogens is 4. The van der Waals surface area contributed by atoms with Crippen LogP contribution in [-0.2, 0) is 38.8 Å². The molecule has 17 nitrogen and oxygen atoms in total. The number of phosphoric ester groups is 1. The summed E-state index contributed by atoms with van der Waals surface area (Å²) in [6, 6.07) is 0. The van der Waals surface area contributed by atoms with Gasteiger partial charge in [0.05, 0.1) is 12.9 Å². The molecule has 0 amide bonds. The third kappa shape index (κ3) is 11.1. The number of fused-ring (bicyclic) bond motifs is 1. The minimum atomic E-state index is -5.93. The fraction of sp³-hybridized carbons (Fsp3) is 0.500. The Balaban J connectivity index is 0. The Hall–Kier alpha value is 3.06. The molecule has 0 aliphatic carbocycles. The molecule has 1 aliphatic heterocycles. The summed E-state index contributed by atoms with van der Waals surface area (Å²) in [5.74, 6) is 0.0343. The van der Waals surface area contributed by atoms with Crippen molar-refractivity contribution >= 4 is 51.2 Å². The maximum Gasteiger partial charge on any atom is 1.00 e. The van der Waals surface area contributed by atoms with Gasteiger partial charge in [0, 0.05) is 0 Å². The first-order valence-electron chi connectivity index (χ1n) is 7.85. The number of imidazole rings is 1. The van der Waals surface area contributed by atoms with E-state index in [0.717, 1.165) is 6.33 Å². The van der Waals surface area contributed by atoms with Gasteiger partial charge in [0.1, 0.15) is 30.2 Å². The second kappa shape index (κ2) is 15.9. The fourth-order valence-corrected chi connectivity index (χ4v) is 6.20. The average Bonchev–Trinajstić information content (AvgIpc) is 3.13. The summed E-state index contributed by atoms with van der Waals surface area (Å²) >= 11 is 3.68. The van der Waals surface area contributed by atoms with Gasteiger partial charge in [-0.05, 0) is 0 Å². The van der Waals surface area contributed by atoms with Crippen LogP contribution in [0.2, 0.25) is 0 Å². The molecule has 0 saturated carbocycles. The topological polar surface area (TPSA) is 273 Å². The van der Waals surface area contributed by atoms with Crippen LogP contribution >= 0.6 is 22.4 Å². The molecule has 35 heavy (non-hydrogen) atoms. The van der Waals surface area contributed by atoms with Crippen molar-refractivity contribution in [3.63, 3.8) is 0 Å². The van der Waals surface area contributed by atoms with Crippen molar-refractivity contribution in [2.75, 3.05) is 12.3 Å². The number of aliphatic hydroxyl groups is 2. The molecule has 3 heterocycles. The third-order valence-electron chi connectivity index (χ3n) is 3.80. The van der Waals surface area contributed by atoms with Crippen LogP contribution in [0.3, 0.4) is 0 Å². The molecule has 0 aromatic carbocycles. The summed E-state index contributed by atoms with van der Waals surface area (Å²) in [5, 5.41) is 20.4. The Labute approximate surface area is 291 Å². The molecule has 2 aromatic heterocycles. The summed E-state index contributed by atoms with van der Waals surface area (Å²) in [5.41, 5.74) is 5.97. The molecule has 0 radical (unpaired) electrons. The van der Waals surface area contributed by atoms with Crippen molar-refractivity contribution in [1.82, 2.24) is 19.5 Å². The predicted octanol–water partition coefficient (Wildman–Crippen LogP) is -16.0. The largest absolute Gasteiger partial charge is 1.00 e. The summed E-state index contributed by atoms with van der Waals surface area (Å²) in [6.45, 7) is -6.33. The molecule has 1 aliphatic rings. The summed E-state index contributed by atoms with van der Waals surface area (Å²) in [6.07, 6.45) is -3.83. The van der Waals surface area contributed by atoms with E-state index in [1.165, 1.54) is 10.9 Å². The summed E-state index contributed by atoms with van der Waals surface area (Å²) in [7, 11) is -11.6. The van der Waals surface area contributed by atoms with Gasteiger partial charge in [-0.3, -0.25) is 13.7 Å². The first-order valence-corrected chi connectivity index (χ1v) is 13.3. The molecule has 6 atom stereocenters. The molecular weight excluding hydrogens is 599 g/mol. The molecule has 1 fully saturated rings. The summed E-state index contributed by atoms with van der Waals surface area (Å²) < 4.78 is 40.7. The first-order chi connectivity index (χ1) is 14.2. The van der Waals surface area contributed by atoms with Crippen LogP contribution in [0.25, 0.3) is 11.2 Å². The van der Waals surface area contributed by atoms with Crippen molar-refractivity contribution < 1.29 is 175 Å². The molecule has 6 unspecified atom stereocenters. The molecule has 3 rings (SSSR count). The van der Waals surface area contributed by atoms with E-state index >= 15 is 0 Å². The van der Waals surface area contributed by atoms with Gasteiger partial charge in [0.15, 0.2) is 17.7 Å². The number of rotatable bonds is 8. The number of phosphoric acid groups is 2. The van der Waals surface area contributed by atoms with E-state index in [0.29, 0.717) is 0 Å². The normalized spacial score (nSPS) is 25.2. The van der Waals surface area contributed by atoms with Crippen LogP contribution in [0.4, 0.5) is 5.82 Å². The van der Waals surface area contributed by atoms with Crippen molar-refractivity contribution in [2.45, 2.75) is 24.5 Å². The zero-order valence-corrected chi connectivity index (χ0v) is 30.3. The monoisotopic (exact) mass is 611 g/mol. The fourth-order valence-electron chi connectivity index (χ4n) is 2.60. The standard InChI is InChI=1S/C10H16N5O12P3S.4Na/c11-8-5-9(13-2-12-8)15(3-14-5)10-7(17)6(16)4(25-10)1-24-28(18,19)26-29(20,21)27-30(22,23)31;;;;/h2-4,6-7,10,16-17H,1H2,(H,18,19)(H,20,21)(H2,11,12,13)(H2,22,23,31);;;;/q;4*+1/p-4. The van der Waals surface area contributed by atoms with Gasteiger partial charge in [0.25, 0.3) is 15.6 Å².